The zero-order valence-corrected chi connectivity index (χ0v) is 14.4. The van der Waals surface area contributed by atoms with Crippen molar-refractivity contribution < 1.29 is 13.2 Å². The lowest BCUT2D eigenvalue weighted by Gasteiger charge is -2.10. The largest absolute Gasteiger partial charge is 0.600 e. The zero-order chi connectivity index (χ0) is 16.4. The van der Waals surface area contributed by atoms with Crippen molar-refractivity contribution in [2.75, 3.05) is 0 Å². The van der Waals surface area contributed by atoms with Crippen LogP contribution >= 0.6 is 10.5 Å². The van der Waals surface area contributed by atoms with Crippen LogP contribution in [0.2, 0.25) is 0 Å². The quantitative estimate of drug-likeness (QED) is 0.401. The van der Waals surface area contributed by atoms with E-state index in [1.807, 2.05) is 24.3 Å². The van der Waals surface area contributed by atoms with Crippen molar-refractivity contribution in [3.05, 3.63) is 34.7 Å². The Labute approximate surface area is 138 Å². The van der Waals surface area contributed by atoms with Gasteiger partial charge in [0, 0.05) is 23.4 Å². The predicted molar refractivity (Wildman–Crippen MR) is 92.2 cm³/mol. The van der Waals surface area contributed by atoms with E-state index in [0.717, 1.165) is 62.3 Å². The Kier molecular flexibility index (Phi) is 5.00. The van der Waals surface area contributed by atoms with Crippen LogP contribution in [-0.4, -0.2) is 0 Å². The van der Waals surface area contributed by atoms with E-state index in [2.05, 4.69) is 6.92 Å². The van der Waals surface area contributed by atoms with Gasteiger partial charge in [-0.3, -0.25) is 0 Å². The lowest BCUT2D eigenvalue weighted by molar-refractivity contribution is -0.0868. The van der Waals surface area contributed by atoms with Crippen LogP contribution in [0.1, 0.15) is 68.2 Å². The maximum atomic E-state index is 13.8. The Hall–Kier alpha value is -1.03. The summed E-state index contributed by atoms with van der Waals surface area (Å²) in [6.45, 7) is 2.06. The zero-order valence-electron chi connectivity index (χ0n) is 13.6. The SMILES string of the molecule is CCCc1ccc2cc(C3CCCCCC3)[s+](C(F)(F)F)c2c1. The number of hydrogen-bond donors (Lipinski definition) is 0. The molecule has 1 fully saturated rings. The molecule has 1 unspecified atom stereocenters. The van der Waals surface area contributed by atoms with E-state index in [9.17, 15) is 13.2 Å². The van der Waals surface area contributed by atoms with Crippen LogP contribution < -0.4 is 0 Å². The minimum absolute atomic E-state index is 0.115. The second kappa shape index (κ2) is 6.84. The second-order valence-corrected chi connectivity index (χ2v) is 8.60. The fraction of sp³-hybridized carbons (Fsp3) is 0.579. The van der Waals surface area contributed by atoms with Gasteiger partial charge in [0.25, 0.3) is 0 Å². The van der Waals surface area contributed by atoms with Crippen molar-refractivity contribution >= 4 is 20.6 Å². The molecule has 23 heavy (non-hydrogen) atoms. The highest BCUT2D eigenvalue weighted by molar-refractivity contribution is 7.38. The number of hydrogen-bond acceptors (Lipinski definition) is 0. The van der Waals surface area contributed by atoms with E-state index in [-0.39, 0.29) is 5.92 Å². The molecule has 1 aliphatic carbocycles. The van der Waals surface area contributed by atoms with Gasteiger partial charge in [0.15, 0.2) is 9.58 Å². The molecule has 0 amide bonds. The van der Waals surface area contributed by atoms with Crippen LogP contribution in [0.3, 0.4) is 0 Å². The first-order chi connectivity index (χ1) is 11.0. The van der Waals surface area contributed by atoms with Gasteiger partial charge in [-0.1, -0.05) is 45.1 Å². The summed E-state index contributed by atoms with van der Waals surface area (Å²) in [5.41, 5.74) is -3.13. The first-order valence-electron chi connectivity index (χ1n) is 8.66. The molecule has 0 spiro atoms. The minimum atomic E-state index is -4.16. The number of aryl methyl sites for hydroxylation is 1. The summed E-state index contributed by atoms with van der Waals surface area (Å²) in [6.07, 6.45) is 8.10. The lowest BCUT2D eigenvalue weighted by atomic mass is 9.98. The Morgan fingerprint density at radius 3 is 2.35 bits per heavy atom. The van der Waals surface area contributed by atoms with Crippen molar-refractivity contribution in [1.82, 2.24) is 0 Å². The third kappa shape index (κ3) is 3.57. The average molecular weight is 341 g/mol. The fourth-order valence-electron chi connectivity index (χ4n) is 3.76. The summed E-state index contributed by atoms with van der Waals surface area (Å²) < 4.78 is 42.0. The summed E-state index contributed by atoms with van der Waals surface area (Å²) >= 11 is 0. The monoisotopic (exact) mass is 341 g/mol. The van der Waals surface area contributed by atoms with E-state index < -0.39 is 16.0 Å². The molecule has 4 heteroatoms. The van der Waals surface area contributed by atoms with Crippen molar-refractivity contribution in [2.45, 2.75) is 69.7 Å². The second-order valence-electron chi connectivity index (χ2n) is 6.61. The van der Waals surface area contributed by atoms with Crippen LogP contribution in [0, 0.1) is 0 Å². The molecule has 3 rings (SSSR count). The van der Waals surface area contributed by atoms with Crippen LogP contribution in [-0.2, 0) is 11.9 Å². The number of rotatable bonds is 3. The molecular formula is C19H24F3S+. The summed E-state index contributed by atoms with van der Waals surface area (Å²) in [6, 6.07) is 7.57. The number of halogens is 3. The molecule has 1 aromatic heterocycles. The van der Waals surface area contributed by atoms with Gasteiger partial charge in [0.1, 0.15) is 0 Å². The maximum Gasteiger partial charge on any atom is 0.600 e. The molecule has 1 atom stereocenters. The maximum absolute atomic E-state index is 13.8. The molecule has 0 saturated heterocycles. The summed E-state index contributed by atoms with van der Waals surface area (Å²) in [7, 11) is -1.72. The van der Waals surface area contributed by atoms with Gasteiger partial charge in [0.2, 0.25) is 0 Å². The van der Waals surface area contributed by atoms with E-state index in [1.54, 1.807) is 0 Å². The molecule has 126 valence electrons. The molecule has 0 bridgehead atoms. The van der Waals surface area contributed by atoms with Crippen LogP contribution in [0.4, 0.5) is 13.2 Å². The van der Waals surface area contributed by atoms with Crippen LogP contribution in [0.5, 0.6) is 0 Å². The number of fused-ring (bicyclic) bond motifs is 1. The first kappa shape index (κ1) is 16.8. The molecular weight excluding hydrogens is 317 g/mol. The third-order valence-electron chi connectivity index (χ3n) is 4.86. The number of alkyl halides is 3. The standard InChI is InChI=1S/C19H24F3S/c1-2-7-14-10-11-16-13-18(15-8-5-3-4-6-9-15)23(17(16)12-14)19(20,21)22/h10-13,15H,2-9H2,1H3/q+1. The third-order valence-corrected chi connectivity index (χ3v) is 7.04. The molecule has 1 saturated carbocycles. The van der Waals surface area contributed by atoms with E-state index in [4.69, 9.17) is 0 Å². The molecule has 0 N–H and O–H groups in total. The topological polar surface area (TPSA) is 0 Å². The Morgan fingerprint density at radius 1 is 1.04 bits per heavy atom. The molecule has 0 aliphatic heterocycles. The predicted octanol–water partition coefficient (Wildman–Crippen LogP) is 7.46. The highest BCUT2D eigenvalue weighted by Crippen LogP contribution is 2.54. The van der Waals surface area contributed by atoms with Gasteiger partial charge in [0.05, 0.1) is 10.5 Å². The van der Waals surface area contributed by atoms with Gasteiger partial charge in [-0.25, -0.2) is 0 Å². The van der Waals surface area contributed by atoms with Gasteiger partial charge in [-0.05, 0) is 30.9 Å². The molecule has 1 aromatic carbocycles. The number of thiophene rings is 1. The highest BCUT2D eigenvalue weighted by atomic mass is 32.2. The molecule has 1 heterocycles. The van der Waals surface area contributed by atoms with Gasteiger partial charge >= 0.3 is 5.51 Å². The van der Waals surface area contributed by atoms with E-state index >= 15 is 0 Å². The Morgan fingerprint density at radius 2 is 1.74 bits per heavy atom. The average Bonchev–Trinajstić information content (AvgIpc) is 2.68. The summed E-state index contributed by atoms with van der Waals surface area (Å²) in [5.74, 6) is 0.115. The first-order valence-corrected chi connectivity index (χ1v) is 9.89. The van der Waals surface area contributed by atoms with Crippen molar-refractivity contribution in [3.8, 4) is 0 Å². The lowest BCUT2D eigenvalue weighted by Crippen LogP contribution is -2.02. The summed E-state index contributed by atoms with van der Waals surface area (Å²) in [4.78, 5) is 0.656. The summed E-state index contributed by atoms with van der Waals surface area (Å²) in [5, 5.41) is 0.796. The van der Waals surface area contributed by atoms with Crippen LogP contribution in [0.25, 0.3) is 10.1 Å². The Balaban J connectivity index is 2.12. The van der Waals surface area contributed by atoms with Crippen molar-refractivity contribution in [3.63, 3.8) is 0 Å². The molecule has 2 aromatic rings. The van der Waals surface area contributed by atoms with Gasteiger partial charge in [-0.15, -0.1) is 13.2 Å². The molecule has 0 radical (unpaired) electrons. The number of benzene rings is 1. The smallest absolute Gasteiger partial charge is 0.118 e. The minimum Gasteiger partial charge on any atom is -0.118 e. The highest BCUT2D eigenvalue weighted by Gasteiger charge is 2.49. The van der Waals surface area contributed by atoms with Crippen molar-refractivity contribution in [2.24, 2.45) is 0 Å². The van der Waals surface area contributed by atoms with Gasteiger partial charge in [-0.2, -0.15) is 0 Å². The van der Waals surface area contributed by atoms with E-state index in [1.165, 1.54) is 0 Å². The normalized spacial score (nSPS) is 18.3. The Bertz CT molecular complexity index is 661. The van der Waals surface area contributed by atoms with E-state index in [0.29, 0.717) is 9.58 Å². The molecule has 0 nitrogen and oxygen atoms in total. The molecule has 1 aliphatic rings. The fourth-order valence-corrected chi connectivity index (χ4v) is 5.98. The van der Waals surface area contributed by atoms with Crippen LogP contribution in [0.15, 0.2) is 24.3 Å². The van der Waals surface area contributed by atoms with Gasteiger partial charge < -0.3 is 0 Å². The van der Waals surface area contributed by atoms with Crippen molar-refractivity contribution in [1.29, 1.82) is 0 Å².